The molecule has 0 amide bonds. The fraction of sp³-hybridized carbons (Fsp3) is 0.256. The zero-order valence-corrected chi connectivity index (χ0v) is 29.9. The first kappa shape index (κ1) is 35.5. The molecular weight excluding hydrogens is 670 g/mol. The van der Waals surface area contributed by atoms with Crippen LogP contribution in [0.5, 0.6) is 0 Å². The molecule has 4 heterocycles. The van der Waals surface area contributed by atoms with Crippen molar-refractivity contribution in [3.05, 3.63) is 109 Å². The summed E-state index contributed by atoms with van der Waals surface area (Å²) in [4.78, 5) is 25.9. The first-order valence-electron chi connectivity index (χ1n) is 16.9. The number of fused-ring (bicyclic) bond motifs is 1. The van der Waals surface area contributed by atoms with Crippen LogP contribution in [0.1, 0.15) is 26.2 Å². The third kappa shape index (κ3) is 7.28. The SMILES string of the molecule is CC.COC(=O)CCc1nc(-c2ccc(F)cc2)c(-c2ccnc3c2cc(-c2ccc(N4CCN(C)CC4)cc2)n3S(=O)(=O)c2ccccc2)o1. The van der Waals surface area contributed by atoms with E-state index < -0.39 is 21.8 Å². The molecule has 1 saturated heterocycles. The van der Waals surface area contributed by atoms with Crippen molar-refractivity contribution in [1.82, 2.24) is 18.8 Å². The van der Waals surface area contributed by atoms with Crippen LogP contribution in [0.2, 0.25) is 0 Å². The summed E-state index contributed by atoms with van der Waals surface area (Å²) >= 11 is 0. The largest absolute Gasteiger partial charge is 0.469 e. The lowest BCUT2D eigenvalue weighted by molar-refractivity contribution is -0.140. The minimum atomic E-state index is -4.12. The molecule has 1 aliphatic rings. The number of aromatic nitrogens is 3. The summed E-state index contributed by atoms with van der Waals surface area (Å²) in [6.45, 7) is 7.74. The number of halogens is 1. The Labute approximate surface area is 297 Å². The summed E-state index contributed by atoms with van der Waals surface area (Å²) in [7, 11) is -0.698. The van der Waals surface area contributed by atoms with E-state index in [1.165, 1.54) is 29.4 Å². The van der Waals surface area contributed by atoms with Gasteiger partial charge in [0.05, 0.1) is 24.1 Å². The average Bonchev–Trinajstić information content (AvgIpc) is 3.78. The molecular formula is C39H40FN5O5S. The van der Waals surface area contributed by atoms with Gasteiger partial charge in [-0.1, -0.05) is 44.2 Å². The minimum absolute atomic E-state index is 0.0467. The molecule has 0 aliphatic carbocycles. The second-order valence-corrected chi connectivity index (χ2v) is 13.7. The van der Waals surface area contributed by atoms with Gasteiger partial charge in [0, 0.05) is 61.0 Å². The van der Waals surface area contributed by atoms with Crippen LogP contribution in [-0.2, 0) is 26.0 Å². The molecule has 12 heteroatoms. The Morgan fingerprint density at radius 1 is 0.902 bits per heavy atom. The molecule has 1 fully saturated rings. The average molecular weight is 710 g/mol. The molecule has 264 valence electrons. The molecule has 0 N–H and O–H groups in total. The van der Waals surface area contributed by atoms with E-state index in [1.807, 2.05) is 38.1 Å². The number of benzene rings is 3. The number of carbonyl (C=O) groups is 1. The molecule has 10 nitrogen and oxygen atoms in total. The Hall–Kier alpha value is -5.33. The van der Waals surface area contributed by atoms with Gasteiger partial charge in [0.2, 0.25) is 0 Å². The zero-order valence-electron chi connectivity index (χ0n) is 29.0. The Bertz CT molecular complexity index is 2230. The normalized spacial score (nSPS) is 13.5. The van der Waals surface area contributed by atoms with Crippen molar-refractivity contribution < 1.29 is 26.8 Å². The third-order valence-electron chi connectivity index (χ3n) is 8.78. The van der Waals surface area contributed by atoms with Gasteiger partial charge in [-0.15, -0.1) is 0 Å². The highest BCUT2D eigenvalue weighted by Crippen LogP contribution is 2.40. The van der Waals surface area contributed by atoms with Crippen molar-refractivity contribution >= 4 is 32.7 Å². The molecule has 51 heavy (non-hydrogen) atoms. The molecule has 0 radical (unpaired) electrons. The summed E-state index contributed by atoms with van der Waals surface area (Å²) in [5, 5.41) is 0.513. The lowest BCUT2D eigenvalue weighted by Crippen LogP contribution is -2.44. The maximum Gasteiger partial charge on any atom is 0.306 e. The zero-order chi connectivity index (χ0) is 36.1. The molecule has 0 atom stereocenters. The maximum absolute atomic E-state index is 14.4. The van der Waals surface area contributed by atoms with Crippen LogP contribution < -0.4 is 4.90 Å². The number of oxazole rings is 1. The number of esters is 1. The molecule has 3 aromatic carbocycles. The predicted octanol–water partition coefficient (Wildman–Crippen LogP) is 7.29. The lowest BCUT2D eigenvalue weighted by Gasteiger charge is -2.34. The van der Waals surface area contributed by atoms with Crippen molar-refractivity contribution in [3.8, 4) is 33.8 Å². The van der Waals surface area contributed by atoms with Crippen molar-refractivity contribution in [2.75, 3.05) is 45.2 Å². The summed E-state index contributed by atoms with van der Waals surface area (Å²) < 4.78 is 55.1. The van der Waals surface area contributed by atoms with Gasteiger partial charge in [-0.3, -0.25) is 4.79 Å². The van der Waals surface area contributed by atoms with Crippen LogP contribution in [-0.4, -0.2) is 73.6 Å². The lowest BCUT2D eigenvalue weighted by atomic mass is 10.0. The first-order valence-corrected chi connectivity index (χ1v) is 18.3. The number of pyridine rings is 1. The number of hydrogen-bond donors (Lipinski definition) is 0. The fourth-order valence-corrected chi connectivity index (χ4v) is 7.59. The van der Waals surface area contributed by atoms with Gasteiger partial charge in [0.1, 0.15) is 11.5 Å². The van der Waals surface area contributed by atoms with E-state index in [0.717, 1.165) is 31.9 Å². The molecule has 6 aromatic rings. The van der Waals surface area contributed by atoms with Crippen LogP contribution in [0, 0.1) is 5.82 Å². The van der Waals surface area contributed by atoms with Crippen LogP contribution in [0.3, 0.4) is 0 Å². The quantitative estimate of drug-likeness (QED) is 0.143. The molecule has 0 unspecified atom stereocenters. The summed E-state index contributed by atoms with van der Waals surface area (Å²) in [5.74, 6) is -0.204. The topological polar surface area (TPSA) is 111 Å². The number of ether oxygens (including phenoxy) is 1. The number of aryl methyl sites for hydroxylation is 1. The highest BCUT2D eigenvalue weighted by Gasteiger charge is 2.28. The van der Waals surface area contributed by atoms with Gasteiger partial charge in [0.25, 0.3) is 10.0 Å². The van der Waals surface area contributed by atoms with E-state index in [-0.39, 0.29) is 29.3 Å². The minimum Gasteiger partial charge on any atom is -0.469 e. The van der Waals surface area contributed by atoms with E-state index in [2.05, 4.69) is 21.8 Å². The molecule has 0 saturated carbocycles. The van der Waals surface area contributed by atoms with Gasteiger partial charge >= 0.3 is 5.97 Å². The van der Waals surface area contributed by atoms with Gasteiger partial charge in [-0.25, -0.2) is 26.7 Å². The smallest absolute Gasteiger partial charge is 0.306 e. The third-order valence-corrected chi connectivity index (χ3v) is 10.5. The Balaban J connectivity index is 0.00000220. The Morgan fingerprint density at radius 2 is 1.57 bits per heavy atom. The van der Waals surface area contributed by atoms with Gasteiger partial charge in [-0.05, 0) is 73.3 Å². The van der Waals surface area contributed by atoms with E-state index in [0.29, 0.717) is 39.2 Å². The molecule has 7 rings (SSSR count). The fourth-order valence-electron chi connectivity index (χ4n) is 6.09. The van der Waals surface area contributed by atoms with Gasteiger partial charge in [0.15, 0.2) is 17.3 Å². The van der Waals surface area contributed by atoms with E-state index in [9.17, 15) is 17.6 Å². The van der Waals surface area contributed by atoms with Gasteiger partial charge < -0.3 is 19.0 Å². The highest BCUT2D eigenvalue weighted by molar-refractivity contribution is 7.90. The van der Waals surface area contributed by atoms with Gasteiger partial charge in [-0.2, -0.15) is 0 Å². The van der Waals surface area contributed by atoms with Crippen LogP contribution in [0.4, 0.5) is 10.1 Å². The number of hydrogen-bond acceptors (Lipinski definition) is 9. The Kier molecular flexibility index (Phi) is 10.6. The number of piperazine rings is 1. The van der Waals surface area contributed by atoms with E-state index >= 15 is 0 Å². The Morgan fingerprint density at radius 3 is 2.24 bits per heavy atom. The molecule has 0 bridgehead atoms. The number of methoxy groups -OCH3 is 1. The van der Waals surface area contributed by atoms with E-state index in [4.69, 9.17) is 14.1 Å². The maximum atomic E-state index is 14.4. The van der Waals surface area contributed by atoms with Crippen LogP contribution in [0.25, 0.3) is 44.9 Å². The summed E-state index contributed by atoms with van der Waals surface area (Å²) in [5.41, 5.74) is 3.94. The predicted molar refractivity (Wildman–Crippen MR) is 196 cm³/mol. The summed E-state index contributed by atoms with van der Waals surface area (Å²) in [6.07, 6.45) is 1.74. The molecule has 3 aromatic heterocycles. The number of anilines is 1. The second kappa shape index (κ2) is 15.3. The number of carbonyl (C=O) groups excluding carboxylic acids is 1. The van der Waals surface area contributed by atoms with Crippen molar-refractivity contribution in [2.45, 2.75) is 31.6 Å². The first-order chi connectivity index (χ1) is 24.7. The monoisotopic (exact) mass is 709 g/mol. The van der Waals surface area contributed by atoms with Crippen LogP contribution >= 0.6 is 0 Å². The molecule has 0 spiro atoms. The van der Waals surface area contributed by atoms with Crippen LogP contribution in [0.15, 0.2) is 107 Å². The van der Waals surface area contributed by atoms with Crippen molar-refractivity contribution in [1.29, 1.82) is 0 Å². The van der Waals surface area contributed by atoms with Crippen molar-refractivity contribution in [3.63, 3.8) is 0 Å². The number of likely N-dealkylation sites (N-methyl/N-ethyl adjacent to an activating group) is 1. The number of rotatable bonds is 9. The van der Waals surface area contributed by atoms with E-state index in [1.54, 1.807) is 54.6 Å². The standard InChI is InChI=1S/C37H34FN5O5S.C2H6/c1-41-20-22-42(23-21-41)28-14-10-25(11-15-28)32-24-31-30(18-19-39-37(31)43(32)49(45,46)29-6-4-3-5-7-29)36-35(26-8-12-27(38)13-9-26)40-33(48-36)16-17-34(44)47-2;1-2/h3-15,18-19,24H,16-17,20-23H2,1-2H3;1-2H3. The van der Waals surface area contributed by atoms with Crippen molar-refractivity contribution in [2.24, 2.45) is 0 Å². The number of nitrogens with zero attached hydrogens (tertiary/aromatic N) is 5. The second-order valence-electron chi connectivity index (χ2n) is 11.9. The molecule has 1 aliphatic heterocycles. The summed E-state index contributed by atoms with van der Waals surface area (Å²) in [6, 6.07) is 25.5. The highest BCUT2D eigenvalue weighted by atomic mass is 32.2.